The number of primary amides is 1. The molecule has 0 aromatic heterocycles. The van der Waals surface area contributed by atoms with Gasteiger partial charge in [0.1, 0.15) is 5.75 Å². The molecule has 2 rings (SSSR count). The van der Waals surface area contributed by atoms with Gasteiger partial charge in [-0.15, -0.1) is 0 Å². The second-order valence-corrected chi connectivity index (χ2v) is 3.80. The SMILES string of the molecule is COc1ccc(C2(NC(N)=O)CC2)cc1. The van der Waals surface area contributed by atoms with E-state index < -0.39 is 6.03 Å². The summed E-state index contributed by atoms with van der Waals surface area (Å²) in [6.45, 7) is 0. The molecule has 4 nitrogen and oxygen atoms in total. The average Bonchev–Trinajstić information content (AvgIpc) is 2.98. The molecule has 0 bridgehead atoms. The number of carbonyl (C=O) groups excluding carboxylic acids is 1. The lowest BCUT2D eigenvalue weighted by atomic mass is 10.1. The van der Waals surface area contributed by atoms with Gasteiger partial charge in [-0.25, -0.2) is 4.79 Å². The minimum absolute atomic E-state index is 0.224. The van der Waals surface area contributed by atoms with E-state index in [1.807, 2.05) is 24.3 Å². The number of nitrogens with one attached hydrogen (secondary N) is 1. The summed E-state index contributed by atoms with van der Waals surface area (Å²) in [5.74, 6) is 0.814. The van der Waals surface area contributed by atoms with Gasteiger partial charge in [-0.3, -0.25) is 0 Å². The van der Waals surface area contributed by atoms with Crippen molar-refractivity contribution in [1.29, 1.82) is 0 Å². The molecule has 2 amide bonds. The topological polar surface area (TPSA) is 64.3 Å². The highest BCUT2D eigenvalue weighted by atomic mass is 16.5. The van der Waals surface area contributed by atoms with E-state index in [1.54, 1.807) is 7.11 Å². The number of carbonyl (C=O) groups is 1. The summed E-state index contributed by atoms with van der Waals surface area (Å²) in [4.78, 5) is 10.8. The van der Waals surface area contributed by atoms with Crippen LogP contribution in [0.3, 0.4) is 0 Å². The predicted octanol–water partition coefficient (Wildman–Crippen LogP) is 1.35. The minimum atomic E-state index is -0.469. The van der Waals surface area contributed by atoms with Gasteiger partial charge in [-0.1, -0.05) is 12.1 Å². The van der Waals surface area contributed by atoms with E-state index in [0.29, 0.717) is 0 Å². The van der Waals surface area contributed by atoms with Gasteiger partial charge in [0, 0.05) is 0 Å². The third kappa shape index (κ3) is 1.88. The second kappa shape index (κ2) is 3.46. The van der Waals surface area contributed by atoms with Crippen LogP contribution >= 0.6 is 0 Å². The molecule has 15 heavy (non-hydrogen) atoms. The van der Waals surface area contributed by atoms with Crippen molar-refractivity contribution in [2.75, 3.05) is 7.11 Å². The highest BCUT2D eigenvalue weighted by molar-refractivity contribution is 5.73. The first-order chi connectivity index (χ1) is 7.16. The molecule has 0 atom stereocenters. The van der Waals surface area contributed by atoms with Crippen LogP contribution in [0.5, 0.6) is 5.75 Å². The molecular formula is C11H14N2O2. The first-order valence-electron chi connectivity index (χ1n) is 4.88. The van der Waals surface area contributed by atoms with Gasteiger partial charge in [0.2, 0.25) is 0 Å². The molecule has 0 radical (unpaired) electrons. The zero-order valence-corrected chi connectivity index (χ0v) is 8.62. The van der Waals surface area contributed by atoms with Gasteiger partial charge in [0.05, 0.1) is 12.6 Å². The van der Waals surface area contributed by atoms with Gasteiger partial charge in [0.15, 0.2) is 0 Å². The Kier molecular flexibility index (Phi) is 2.26. The molecule has 0 heterocycles. The fraction of sp³-hybridized carbons (Fsp3) is 0.364. The van der Waals surface area contributed by atoms with Crippen LogP contribution in [-0.4, -0.2) is 13.1 Å². The van der Waals surface area contributed by atoms with Crippen molar-refractivity contribution in [3.63, 3.8) is 0 Å². The highest BCUT2D eigenvalue weighted by Gasteiger charge is 2.45. The van der Waals surface area contributed by atoms with Crippen LogP contribution in [0.25, 0.3) is 0 Å². The Hall–Kier alpha value is -1.71. The quantitative estimate of drug-likeness (QED) is 0.784. The lowest BCUT2D eigenvalue weighted by molar-refractivity contribution is 0.244. The lowest BCUT2D eigenvalue weighted by Crippen LogP contribution is -2.38. The largest absolute Gasteiger partial charge is 0.497 e. The summed E-state index contributed by atoms with van der Waals surface area (Å²) in [6.07, 6.45) is 1.89. The average molecular weight is 206 g/mol. The third-order valence-electron chi connectivity index (χ3n) is 2.76. The van der Waals surface area contributed by atoms with Crippen LogP contribution < -0.4 is 15.8 Å². The Bertz CT molecular complexity index is 369. The smallest absolute Gasteiger partial charge is 0.312 e. The number of urea groups is 1. The number of hydrogen-bond donors (Lipinski definition) is 2. The van der Waals surface area contributed by atoms with Crippen LogP contribution in [0.1, 0.15) is 18.4 Å². The molecule has 0 saturated heterocycles. The summed E-state index contributed by atoms with van der Waals surface area (Å²) >= 11 is 0. The molecule has 1 aromatic rings. The number of benzene rings is 1. The Balaban J connectivity index is 2.18. The van der Waals surface area contributed by atoms with Crippen molar-refractivity contribution >= 4 is 6.03 Å². The molecule has 1 aliphatic rings. The van der Waals surface area contributed by atoms with Gasteiger partial charge >= 0.3 is 6.03 Å². The van der Waals surface area contributed by atoms with Gasteiger partial charge < -0.3 is 15.8 Å². The third-order valence-corrected chi connectivity index (χ3v) is 2.76. The minimum Gasteiger partial charge on any atom is -0.497 e. The molecule has 0 spiro atoms. The van der Waals surface area contributed by atoms with Crippen molar-refractivity contribution in [1.82, 2.24) is 5.32 Å². The fourth-order valence-corrected chi connectivity index (χ4v) is 1.76. The van der Waals surface area contributed by atoms with Gasteiger partial charge in [-0.2, -0.15) is 0 Å². The molecule has 1 fully saturated rings. The molecular weight excluding hydrogens is 192 g/mol. The maximum absolute atomic E-state index is 10.8. The molecule has 0 unspecified atom stereocenters. The maximum Gasteiger partial charge on any atom is 0.312 e. The summed E-state index contributed by atoms with van der Waals surface area (Å²) in [7, 11) is 1.63. The maximum atomic E-state index is 10.8. The van der Waals surface area contributed by atoms with Crippen molar-refractivity contribution in [2.45, 2.75) is 18.4 Å². The van der Waals surface area contributed by atoms with Crippen molar-refractivity contribution in [2.24, 2.45) is 5.73 Å². The molecule has 3 N–H and O–H groups in total. The van der Waals surface area contributed by atoms with E-state index in [-0.39, 0.29) is 5.54 Å². The standard InChI is InChI=1S/C11H14N2O2/c1-15-9-4-2-8(3-5-9)11(6-7-11)13-10(12)14/h2-5H,6-7H2,1H3,(H3,12,13,14). The monoisotopic (exact) mass is 206 g/mol. The van der Waals surface area contributed by atoms with E-state index >= 15 is 0 Å². The molecule has 1 aliphatic carbocycles. The van der Waals surface area contributed by atoms with Gasteiger partial charge in [0.25, 0.3) is 0 Å². The molecule has 80 valence electrons. The number of hydrogen-bond acceptors (Lipinski definition) is 2. The lowest BCUT2D eigenvalue weighted by Gasteiger charge is -2.16. The van der Waals surface area contributed by atoms with E-state index in [4.69, 9.17) is 10.5 Å². The van der Waals surface area contributed by atoms with Crippen molar-refractivity contribution in [3.8, 4) is 5.75 Å². The number of rotatable bonds is 3. The van der Waals surface area contributed by atoms with Crippen LogP contribution in [0.15, 0.2) is 24.3 Å². The summed E-state index contributed by atoms with van der Waals surface area (Å²) in [6, 6.07) is 7.22. The molecule has 0 aliphatic heterocycles. The molecule has 1 saturated carbocycles. The van der Waals surface area contributed by atoms with Gasteiger partial charge in [-0.05, 0) is 30.5 Å². The van der Waals surface area contributed by atoms with Crippen molar-refractivity contribution in [3.05, 3.63) is 29.8 Å². The number of ether oxygens (including phenoxy) is 1. The van der Waals surface area contributed by atoms with Crippen LogP contribution in [0.2, 0.25) is 0 Å². The Morgan fingerprint density at radius 1 is 1.40 bits per heavy atom. The van der Waals surface area contributed by atoms with Crippen LogP contribution in [0, 0.1) is 0 Å². The Morgan fingerprint density at radius 2 is 2.00 bits per heavy atom. The zero-order chi connectivity index (χ0) is 10.9. The summed E-state index contributed by atoms with van der Waals surface area (Å²) < 4.78 is 5.07. The number of amides is 2. The Labute approximate surface area is 88.4 Å². The van der Waals surface area contributed by atoms with Crippen molar-refractivity contribution < 1.29 is 9.53 Å². The molecule has 1 aromatic carbocycles. The Morgan fingerprint density at radius 3 is 2.40 bits per heavy atom. The number of nitrogens with two attached hydrogens (primary N) is 1. The van der Waals surface area contributed by atoms with Crippen LogP contribution in [0.4, 0.5) is 4.79 Å². The molecule has 4 heteroatoms. The van der Waals surface area contributed by atoms with Crippen LogP contribution in [-0.2, 0) is 5.54 Å². The van der Waals surface area contributed by atoms with E-state index in [0.717, 1.165) is 24.2 Å². The second-order valence-electron chi connectivity index (χ2n) is 3.80. The number of methoxy groups -OCH3 is 1. The summed E-state index contributed by atoms with van der Waals surface area (Å²) in [5, 5.41) is 2.78. The zero-order valence-electron chi connectivity index (χ0n) is 8.62. The highest BCUT2D eigenvalue weighted by Crippen LogP contribution is 2.45. The first-order valence-corrected chi connectivity index (χ1v) is 4.88. The fourth-order valence-electron chi connectivity index (χ4n) is 1.76. The van der Waals surface area contributed by atoms with E-state index in [2.05, 4.69) is 5.32 Å². The predicted molar refractivity (Wildman–Crippen MR) is 56.6 cm³/mol. The van der Waals surface area contributed by atoms with E-state index in [1.165, 1.54) is 0 Å². The normalized spacial score (nSPS) is 16.9. The summed E-state index contributed by atoms with van der Waals surface area (Å²) in [5.41, 5.74) is 6.00. The van der Waals surface area contributed by atoms with E-state index in [9.17, 15) is 4.79 Å². The first kappa shape index (κ1) is 9.83.